The number of carboxylic acid groups (broad SMARTS) is 2. The van der Waals surface area contributed by atoms with Crippen molar-refractivity contribution in [3.63, 3.8) is 0 Å². The van der Waals surface area contributed by atoms with Gasteiger partial charge in [0.25, 0.3) is 0 Å². The van der Waals surface area contributed by atoms with Gasteiger partial charge in [0.2, 0.25) is 0 Å². The Morgan fingerprint density at radius 1 is 0.519 bits per heavy atom. The van der Waals surface area contributed by atoms with Crippen LogP contribution in [0.4, 0.5) is 0 Å². The van der Waals surface area contributed by atoms with Crippen LogP contribution in [0.5, 0.6) is 0 Å². The van der Waals surface area contributed by atoms with E-state index in [-0.39, 0.29) is 52.3 Å². The molecule has 0 aliphatic carbocycles. The maximum Gasteiger partial charge on any atom is 0.303 e. The summed E-state index contributed by atoms with van der Waals surface area (Å²) in [4.78, 5) is 20.1. The van der Waals surface area contributed by atoms with E-state index in [2.05, 4.69) is 13.8 Å². The average molecular weight is 462 g/mol. The quantitative estimate of drug-likeness (QED) is 0.297. The van der Waals surface area contributed by atoms with Gasteiger partial charge in [-0.15, -0.1) is 0 Å². The Bertz CT molecular complexity index is 219. The van der Waals surface area contributed by atoms with Gasteiger partial charge in [0.15, 0.2) is 0 Å². The van der Waals surface area contributed by atoms with Crippen molar-refractivity contribution in [2.75, 3.05) is 0 Å². The zero-order valence-corrected chi connectivity index (χ0v) is 19.9. The largest absolute Gasteiger partial charge is 0.481 e. The number of rotatable bonds is 12. The van der Waals surface area contributed by atoms with Gasteiger partial charge in [0.05, 0.1) is 0 Å². The smallest absolute Gasteiger partial charge is 0.303 e. The predicted octanol–water partition coefficient (Wildman–Crippen LogP) is -0.0877. The van der Waals surface area contributed by atoms with Crippen molar-refractivity contribution in [2.24, 2.45) is 0 Å². The molecule has 0 amide bonds. The molecule has 0 saturated carbocycles. The summed E-state index contributed by atoms with van der Waals surface area (Å²) in [5.74, 6) is -1.34. The van der Waals surface area contributed by atoms with Crippen molar-refractivity contribution >= 4 is 11.9 Å². The first kappa shape index (κ1) is 56.2. The molecule has 10 nitrogen and oxygen atoms in total. The Morgan fingerprint density at radius 3 is 0.926 bits per heavy atom. The number of aliphatic carboxylic acids is 2. The van der Waals surface area contributed by atoms with Crippen LogP contribution < -0.4 is 0 Å². The first-order valence-corrected chi connectivity index (χ1v) is 7.98. The van der Waals surface area contributed by atoms with Crippen LogP contribution >= 0.6 is 0 Å². The molecule has 0 aromatic carbocycles. The van der Waals surface area contributed by atoms with Crippen LogP contribution in [0.3, 0.4) is 0 Å². The first-order chi connectivity index (χ1) is 9.54. The molecule has 0 radical (unpaired) electrons. The average Bonchev–Trinajstić information content (AvgIpc) is 2.38. The van der Waals surface area contributed by atoms with Crippen molar-refractivity contribution in [2.45, 2.75) is 90.9 Å². The van der Waals surface area contributed by atoms with Crippen molar-refractivity contribution in [1.82, 2.24) is 0 Å². The normalized spacial score (nSPS) is 7.19. The molecule has 0 aliphatic rings. The van der Waals surface area contributed by atoms with Crippen LogP contribution in [0.2, 0.25) is 0 Å². The van der Waals surface area contributed by atoms with Crippen molar-refractivity contribution < 1.29 is 72.1 Å². The minimum Gasteiger partial charge on any atom is -0.481 e. The van der Waals surface area contributed by atoms with E-state index in [4.69, 9.17) is 10.2 Å². The predicted molar refractivity (Wildman–Crippen MR) is 104 cm³/mol. The van der Waals surface area contributed by atoms with Gasteiger partial charge in [-0.25, -0.2) is 0 Å². The molecule has 0 fully saturated rings. The van der Waals surface area contributed by atoms with E-state index in [1.165, 1.54) is 38.5 Å². The topological polar surface area (TPSA) is 264 Å². The van der Waals surface area contributed by atoms with Gasteiger partial charge in [-0.2, -0.15) is 0 Å². The van der Waals surface area contributed by atoms with Gasteiger partial charge < -0.3 is 43.1 Å². The molecule has 0 aliphatic heterocycles. The van der Waals surface area contributed by atoms with E-state index in [0.717, 1.165) is 25.7 Å². The van der Waals surface area contributed by atoms with Gasteiger partial charge in [-0.05, 0) is 12.8 Å². The molecular weight excluding hydrogens is 418 g/mol. The molecule has 11 heteroatoms. The Kier molecular flexibility index (Phi) is 104. The minimum atomic E-state index is -0.670. The van der Waals surface area contributed by atoms with Gasteiger partial charge in [0.1, 0.15) is 0 Å². The van der Waals surface area contributed by atoms with E-state index >= 15 is 0 Å². The summed E-state index contributed by atoms with van der Waals surface area (Å²) in [6.45, 7) is 4.30. The second-order valence-electron chi connectivity index (χ2n) is 5.12. The molecule has 0 atom stereocenters. The molecule has 0 bridgehead atoms. The standard InChI is InChI=1S/2C8H16O2.6H2O.Zn/c2*1-2-3-4-5-6-7-8(9)10;;;;;;;/h2*2-7H2,1H3,(H,9,10);6*1H2;. The van der Waals surface area contributed by atoms with Crippen molar-refractivity contribution in [1.29, 1.82) is 0 Å². The molecule has 170 valence electrons. The summed E-state index contributed by atoms with van der Waals surface area (Å²) in [6.07, 6.45) is 11.8. The van der Waals surface area contributed by atoms with Crippen molar-refractivity contribution in [3.8, 4) is 0 Å². The van der Waals surface area contributed by atoms with Gasteiger partial charge >= 0.3 is 11.9 Å². The second kappa shape index (κ2) is 49.9. The monoisotopic (exact) mass is 460 g/mol. The number of unbranched alkanes of at least 4 members (excludes halogenated alkanes) is 8. The van der Waals surface area contributed by atoms with E-state index in [9.17, 15) is 9.59 Å². The molecule has 27 heavy (non-hydrogen) atoms. The van der Waals surface area contributed by atoms with Crippen LogP contribution in [0.15, 0.2) is 0 Å². The number of carboxylic acids is 2. The molecular formula is C16H44O10Zn. The zero-order chi connectivity index (χ0) is 15.6. The molecule has 0 aromatic heterocycles. The Morgan fingerprint density at radius 2 is 0.741 bits per heavy atom. The SMILES string of the molecule is CCCCCCCC(=O)O.CCCCCCCC(=O)O.O.O.O.O.O.O.[Zn]. The van der Waals surface area contributed by atoms with E-state index in [0.29, 0.717) is 12.8 Å². The summed E-state index contributed by atoms with van der Waals surface area (Å²) in [5.41, 5.74) is 0. The molecule has 0 spiro atoms. The van der Waals surface area contributed by atoms with Crippen LogP contribution in [0.1, 0.15) is 90.9 Å². The summed E-state index contributed by atoms with van der Waals surface area (Å²) in [5, 5.41) is 16.5. The summed E-state index contributed by atoms with van der Waals surface area (Å²) in [7, 11) is 0. The van der Waals surface area contributed by atoms with Crippen LogP contribution in [0, 0.1) is 0 Å². The minimum absolute atomic E-state index is 0. The van der Waals surface area contributed by atoms with Gasteiger partial charge in [-0.3, -0.25) is 9.59 Å². The summed E-state index contributed by atoms with van der Waals surface area (Å²) < 4.78 is 0. The molecule has 0 heterocycles. The number of hydrogen-bond acceptors (Lipinski definition) is 2. The second-order valence-corrected chi connectivity index (χ2v) is 5.12. The molecule has 0 unspecified atom stereocenters. The van der Waals surface area contributed by atoms with Gasteiger partial charge in [0, 0.05) is 32.3 Å². The van der Waals surface area contributed by atoms with Crippen LogP contribution in [-0.2, 0) is 29.1 Å². The summed E-state index contributed by atoms with van der Waals surface area (Å²) >= 11 is 0. The fourth-order valence-corrected chi connectivity index (χ4v) is 1.76. The van der Waals surface area contributed by atoms with Crippen LogP contribution in [0.25, 0.3) is 0 Å². The fourth-order valence-electron chi connectivity index (χ4n) is 1.76. The fraction of sp³-hybridized carbons (Fsp3) is 0.875. The third-order valence-corrected chi connectivity index (χ3v) is 2.99. The molecule has 0 rings (SSSR count). The molecule has 0 saturated heterocycles. The third-order valence-electron chi connectivity index (χ3n) is 2.99. The number of hydrogen-bond donors (Lipinski definition) is 2. The first-order valence-electron chi connectivity index (χ1n) is 7.98. The third kappa shape index (κ3) is 77.6. The van der Waals surface area contributed by atoms with E-state index in [1.54, 1.807) is 0 Å². The maximum atomic E-state index is 10.0. The summed E-state index contributed by atoms with van der Waals surface area (Å²) in [6, 6.07) is 0. The van der Waals surface area contributed by atoms with E-state index in [1.807, 2.05) is 0 Å². The molecule has 0 aromatic rings. The number of carbonyl (C=O) groups is 2. The Balaban J connectivity index is -0.0000000272. The van der Waals surface area contributed by atoms with Crippen LogP contribution in [-0.4, -0.2) is 55.0 Å². The van der Waals surface area contributed by atoms with Crippen molar-refractivity contribution in [3.05, 3.63) is 0 Å². The van der Waals surface area contributed by atoms with E-state index < -0.39 is 11.9 Å². The molecule has 14 N–H and O–H groups in total. The van der Waals surface area contributed by atoms with Gasteiger partial charge in [-0.1, -0.05) is 65.2 Å². The Hall–Kier alpha value is -0.677. The Labute approximate surface area is 175 Å². The maximum absolute atomic E-state index is 10.0. The zero-order valence-electron chi connectivity index (χ0n) is 16.9.